The van der Waals surface area contributed by atoms with Gasteiger partial charge in [-0.1, -0.05) is 46.3 Å². The van der Waals surface area contributed by atoms with Crippen molar-refractivity contribution in [3.63, 3.8) is 0 Å². The highest BCUT2D eigenvalue weighted by atomic mass is 79.9. The lowest BCUT2D eigenvalue weighted by atomic mass is 10.2. The van der Waals surface area contributed by atoms with Crippen LogP contribution in [-0.4, -0.2) is 9.97 Å². The molecule has 0 amide bonds. The third-order valence-electron chi connectivity index (χ3n) is 2.46. The molecule has 0 saturated carbocycles. The second kappa shape index (κ2) is 5.93. The molecule has 0 saturated heterocycles. The van der Waals surface area contributed by atoms with Crippen LogP contribution in [0.3, 0.4) is 0 Å². The molecule has 18 heavy (non-hydrogen) atoms. The number of hydrogen-bond acceptors (Lipinski definition) is 3. The molecule has 1 aromatic carbocycles. The molecule has 0 atom stereocenters. The summed E-state index contributed by atoms with van der Waals surface area (Å²) in [7, 11) is 0. The SMILES string of the molecule is NC(=S)c1ccc(NCc2ccccc2Br)cn1. The molecule has 1 aromatic heterocycles. The summed E-state index contributed by atoms with van der Waals surface area (Å²) in [5.41, 5.74) is 8.25. The zero-order chi connectivity index (χ0) is 13.0. The zero-order valence-electron chi connectivity index (χ0n) is 9.56. The zero-order valence-corrected chi connectivity index (χ0v) is 12.0. The van der Waals surface area contributed by atoms with Crippen LogP contribution in [-0.2, 0) is 6.54 Å². The van der Waals surface area contributed by atoms with Crippen molar-refractivity contribution >= 4 is 38.8 Å². The van der Waals surface area contributed by atoms with E-state index in [-0.39, 0.29) is 0 Å². The Balaban J connectivity index is 2.02. The average molecular weight is 322 g/mol. The number of nitrogens with one attached hydrogen (secondary N) is 1. The number of hydrogen-bond donors (Lipinski definition) is 2. The van der Waals surface area contributed by atoms with Crippen LogP contribution in [0.2, 0.25) is 0 Å². The van der Waals surface area contributed by atoms with Gasteiger partial charge >= 0.3 is 0 Å². The van der Waals surface area contributed by atoms with Crippen molar-refractivity contribution in [2.45, 2.75) is 6.54 Å². The molecule has 92 valence electrons. The van der Waals surface area contributed by atoms with E-state index >= 15 is 0 Å². The molecule has 0 aliphatic heterocycles. The molecular weight excluding hydrogens is 310 g/mol. The first kappa shape index (κ1) is 13.0. The van der Waals surface area contributed by atoms with Gasteiger partial charge in [0.25, 0.3) is 0 Å². The van der Waals surface area contributed by atoms with Gasteiger partial charge in [0.1, 0.15) is 4.99 Å². The smallest absolute Gasteiger partial charge is 0.122 e. The number of benzene rings is 1. The normalized spacial score (nSPS) is 10.1. The van der Waals surface area contributed by atoms with Crippen molar-refractivity contribution in [2.24, 2.45) is 5.73 Å². The lowest BCUT2D eigenvalue weighted by molar-refractivity contribution is 1.12. The van der Waals surface area contributed by atoms with E-state index in [1.165, 1.54) is 5.56 Å². The Bertz CT molecular complexity index is 554. The largest absolute Gasteiger partial charge is 0.388 e. The fraction of sp³-hybridized carbons (Fsp3) is 0.0769. The molecule has 2 rings (SSSR count). The monoisotopic (exact) mass is 321 g/mol. The molecule has 5 heteroatoms. The van der Waals surface area contributed by atoms with E-state index in [1.54, 1.807) is 6.20 Å². The van der Waals surface area contributed by atoms with Crippen LogP contribution in [0.5, 0.6) is 0 Å². The average Bonchev–Trinajstić information content (AvgIpc) is 2.38. The molecule has 2 aromatic rings. The Morgan fingerprint density at radius 1 is 1.28 bits per heavy atom. The maximum atomic E-state index is 5.49. The third-order valence-corrected chi connectivity index (χ3v) is 3.44. The summed E-state index contributed by atoms with van der Waals surface area (Å²) in [5.74, 6) is 0. The van der Waals surface area contributed by atoms with Crippen LogP contribution in [0.15, 0.2) is 47.1 Å². The molecule has 0 unspecified atom stereocenters. The Morgan fingerprint density at radius 3 is 2.67 bits per heavy atom. The standard InChI is InChI=1S/C13H12BrN3S/c14-11-4-2-1-3-9(11)7-16-10-5-6-12(13(15)18)17-8-10/h1-6,8,16H,7H2,(H2,15,18). The van der Waals surface area contributed by atoms with Crippen LogP contribution in [0.4, 0.5) is 5.69 Å². The topological polar surface area (TPSA) is 50.9 Å². The number of nitrogens with two attached hydrogens (primary N) is 1. The van der Waals surface area contributed by atoms with Crippen molar-refractivity contribution in [1.82, 2.24) is 4.98 Å². The number of rotatable bonds is 4. The summed E-state index contributed by atoms with van der Waals surface area (Å²) in [6, 6.07) is 11.8. The summed E-state index contributed by atoms with van der Waals surface area (Å²) >= 11 is 8.36. The van der Waals surface area contributed by atoms with E-state index in [1.807, 2.05) is 30.3 Å². The van der Waals surface area contributed by atoms with Gasteiger partial charge in [-0.25, -0.2) is 0 Å². The first-order valence-corrected chi connectivity index (χ1v) is 6.60. The summed E-state index contributed by atoms with van der Waals surface area (Å²) in [6.45, 7) is 0.732. The summed E-state index contributed by atoms with van der Waals surface area (Å²) < 4.78 is 1.09. The first-order valence-electron chi connectivity index (χ1n) is 5.40. The molecule has 3 N–H and O–H groups in total. The Hall–Kier alpha value is -1.46. The van der Waals surface area contributed by atoms with E-state index < -0.39 is 0 Å². The fourth-order valence-corrected chi connectivity index (χ4v) is 2.03. The number of halogens is 1. The van der Waals surface area contributed by atoms with Crippen molar-refractivity contribution in [3.8, 4) is 0 Å². The summed E-state index contributed by atoms with van der Waals surface area (Å²) in [6.07, 6.45) is 1.73. The van der Waals surface area contributed by atoms with Crippen molar-refractivity contribution < 1.29 is 0 Å². The van der Waals surface area contributed by atoms with E-state index in [0.717, 1.165) is 16.7 Å². The fourth-order valence-electron chi connectivity index (χ4n) is 1.48. The second-order valence-electron chi connectivity index (χ2n) is 3.74. The third kappa shape index (κ3) is 3.27. The Kier molecular flexibility index (Phi) is 4.28. The molecule has 0 fully saturated rings. The lowest BCUT2D eigenvalue weighted by Crippen LogP contribution is -2.11. The minimum absolute atomic E-state index is 0.312. The van der Waals surface area contributed by atoms with Crippen molar-refractivity contribution in [3.05, 3.63) is 58.3 Å². The highest BCUT2D eigenvalue weighted by Gasteiger charge is 2.00. The van der Waals surface area contributed by atoms with Gasteiger partial charge in [-0.05, 0) is 23.8 Å². The number of anilines is 1. The minimum Gasteiger partial charge on any atom is -0.388 e. The van der Waals surface area contributed by atoms with Crippen LogP contribution < -0.4 is 11.1 Å². The first-order chi connectivity index (χ1) is 8.66. The number of pyridine rings is 1. The van der Waals surface area contributed by atoms with Gasteiger partial charge in [0.05, 0.1) is 17.6 Å². The van der Waals surface area contributed by atoms with Crippen molar-refractivity contribution in [1.29, 1.82) is 0 Å². The summed E-state index contributed by atoms with van der Waals surface area (Å²) in [4.78, 5) is 4.48. The van der Waals surface area contributed by atoms with Crippen LogP contribution in [0, 0.1) is 0 Å². The van der Waals surface area contributed by atoms with Gasteiger partial charge in [-0.15, -0.1) is 0 Å². The summed E-state index contributed by atoms with van der Waals surface area (Å²) in [5, 5.41) is 3.29. The molecule has 0 bridgehead atoms. The molecule has 3 nitrogen and oxygen atoms in total. The van der Waals surface area contributed by atoms with Gasteiger partial charge in [-0.2, -0.15) is 0 Å². The maximum Gasteiger partial charge on any atom is 0.122 e. The number of thiocarbonyl (C=S) groups is 1. The number of nitrogens with zero attached hydrogens (tertiary/aromatic N) is 1. The van der Waals surface area contributed by atoms with E-state index in [9.17, 15) is 0 Å². The van der Waals surface area contributed by atoms with E-state index in [0.29, 0.717) is 10.7 Å². The van der Waals surface area contributed by atoms with E-state index in [2.05, 4.69) is 32.3 Å². The second-order valence-corrected chi connectivity index (χ2v) is 5.04. The van der Waals surface area contributed by atoms with Gasteiger partial charge in [0, 0.05) is 11.0 Å². The highest BCUT2D eigenvalue weighted by Crippen LogP contribution is 2.17. The van der Waals surface area contributed by atoms with Gasteiger partial charge in [0.2, 0.25) is 0 Å². The Labute approximate surface area is 120 Å². The van der Waals surface area contributed by atoms with Gasteiger partial charge < -0.3 is 11.1 Å². The van der Waals surface area contributed by atoms with Crippen LogP contribution >= 0.6 is 28.1 Å². The van der Waals surface area contributed by atoms with Crippen LogP contribution in [0.25, 0.3) is 0 Å². The maximum absolute atomic E-state index is 5.49. The van der Waals surface area contributed by atoms with Gasteiger partial charge in [-0.3, -0.25) is 4.98 Å². The lowest BCUT2D eigenvalue weighted by Gasteiger charge is -2.08. The number of aromatic nitrogens is 1. The molecule has 0 spiro atoms. The Morgan fingerprint density at radius 2 is 2.06 bits per heavy atom. The predicted molar refractivity (Wildman–Crippen MR) is 81.6 cm³/mol. The predicted octanol–water partition coefficient (Wildman–Crippen LogP) is 3.09. The molecule has 0 aliphatic rings. The van der Waals surface area contributed by atoms with Crippen LogP contribution in [0.1, 0.15) is 11.3 Å². The molecular formula is C13H12BrN3S. The minimum atomic E-state index is 0.312. The molecule has 1 heterocycles. The molecule has 0 radical (unpaired) electrons. The van der Waals surface area contributed by atoms with Crippen molar-refractivity contribution in [2.75, 3.05) is 5.32 Å². The highest BCUT2D eigenvalue weighted by molar-refractivity contribution is 9.10. The van der Waals surface area contributed by atoms with Gasteiger partial charge in [0.15, 0.2) is 0 Å². The molecule has 0 aliphatic carbocycles. The van der Waals surface area contributed by atoms with E-state index in [4.69, 9.17) is 18.0 Å². The quantitative estimate of drug-likeness (QED) is 0.850.